The Balaban J connectivity index is 1.60. The number of rotatable bonds is 7. The molecule has 0 spiro atoms. The van der Waals surface area contributed by atoms with Crippen LogP contribution in [0.5, 0.6) is 0 Å². The van der Waals surface area contributed by atoms with Gasteiger partial charge in [-0.3, -0.25) is 9.59 Å². The lowest BCUT2D eigenvalue weighted by atomic mass is 9.88. The number of nitrogens with zero attached hydrogens (tertiary/aromatic N) is 2. The van der Waals surface area contributed by atoms with Crippen molar-refractivity contribution in [2.75, 3.05) is 46.4 Å². The highest BCUT2D eigenvalue weighted by Crippen LogP contribution is 2.33. The molecule has 2 fully saturated rings. The van der Waals surface area contributed by atoms with Gasteiger partial charge in [-0.2, -0.15) is 0 Å². The first-order chi connectivity index (χ1) is 13.6. The number of ether oxygens (including phenoxy) is 1. The first kappa shape index (κ1) is 20.7. The lowest BCUT2D eigenvalue weighted by Crippen LogP contribution is -2.48. The van der Waals surface area contributed by atoms with Gasteiger partial charge < -0.3 is 19.9 Å². The van der Waals surface area contributed by atoms with E-state index in [0.29, 0.717) is 25.9 Å². The van der Waals surface area contributed by atoms with Crippen molar-refractivity contribution in [2.24, 2.45) is 5.92 Å². The summed E-state index contributed by atoms with van der Waals surface area (Å²) in [5.41, 5.74) is 0.888. The lowest BCUT2D eigenvalue weighted by Gasteiger charge is -2.39. The highest BCUT2D eigenvalue weighted by molar-refractivity contribution is 5.82. The van der Waals surface area contributed by atoms with E-state index in [1.54, 1.807) is 17.0 Å². The van der Waals surface area contributed by atoms with Gasteiger partial charge in [-0.25, -0.2) is 4.39 Å². The lowest BCUT2D eigenvalue weighted by molar-refractivity contribution is -0.142. The van der Waals surface area contributed by atoms with Gasteiger partial charge >= 0.3 is 0 Å². The molecule has 2 aliphatic rings. The van der Waals surface area contributed by atoms with Gasteiger partial charge in [-0.1, -0.05) is 12.1 Å². The van der Waals surface area contributed by atoms with Crippen LogP contribution in [0.4, 0.5) is 4.39 Å². The smallest absolute Gasteiger partial charge is 0.249 e. The fraction of sp³-hybridized carbons (Fsp3) is 0.619. The van der Waals surface area contributed by atoms with E-state index in [1.807, 2.05) is 0 Å². The maximum atomic E-state index is 13.3. The molecule has 2 heterocycles. The van der Waals surface area contributed by atoms with Crippen molar-refractivity contribution >= 4 is 11.8 Å². The fourth-order valence-corrected chi connectivity index (χ4v) is 4.19. The first-order valence-electron chi connectivity index (χ1n) is 10.1. The van der Waals surface area contributed by atoms with E-state index >= 15 is 0 Å². The van der Waals surface area contributed by atoms with Crippen molar-refractivity contribution < 1.29 is 18.7 Å². The Morgan fingerprint density at radius 3 is 2.57 bits per heavy atom. The maximum absolute atomic E-state index is 13.3. The summed E-state index contributed by atoms with van der Waals surface area (Å²) in [7, 11) is 1.48. The van der Waals surface area contributed by atoms with Crippen LogP contribution in [0.1, 0.15) is 37.3 Å². The quantitative estimate of drug-likeness (QED) is 0.772. The van der Waals surface area contributed by atoms with Crippen molar-refractivity contribution in [1.82, 2.24) is 15.1 Å². The van der Waals surface area contributed by atoms with Crippen LogP contribution >= 0.6 is 0 Å². The number of benzene rings is 1. The minimum Gasteiger partial charge on any atom is -0.375 e. The van der Waals surface area contributed by atoms with Gasteiger partial charge in [-0.05, 0) is 56.5 Å². The van der Waals surface area contributed by atoms with Crippen LogP contribution in [0.25, 0.3) is 0 Å². The number of likely N-dealkylation sites (tertiary alicyclic amines) is 2. The Kier molecular flexibility index (Phi) is 7.39. The number of carbonyl (C=O) groups excluding carboxylic acids is 2. The topological polar surface area (TPSA) is 61.9 Å². The number of piperidine rings is 1. The van der Waals surface area contributed by atoms with Gasteiger partial charge in [0.2, 0.25) is 11.8 Å². The molecule has 1 aromatic carbocycles. The second-order valence-electron chi connectivity index (χ2n) is 7.66. The second kappa shape index (κ2) is 9.98. The Morgan fingerprint density at radius 2 is 1.89 bits per heavy atom. The predicted octanol–water partition coefficient (Wildman–Crippen LogP) is 1.96. The molecule has 2 atom stereocenters. The van der Waals surface area contributed by atoms with E-state index in [-0.39, 0.29) is 36.2 Å². The summed E-state index contributed by atoms with van der Waals surface area (Å²) in [6.45, 7) is 4.07. The second-order valence-corrected chi connectivity index (χ2v) is 7.66. The predicted molar refractivity (Wildman–Crippen MR) is 104 cm³/mol. The molecular weight excluding hydrogens is 361 g/mol. The molecule has 0 aliphatic carbocycles. The summed E-state index contributed by atoms with van der Waals surface area (Å²) >= 11 is 0. The summed E-state index contributed by atoms with van der Waals surface area (Å²) in [6, 6.07) is 6.08. The van der Waals surface area contributed by atoms with Crippen molar-refractivity contribution in [2.45, 2.75) is 31.7 Å². The Morgan fingerprint density at radius 1 is 1.18 bits per heavy atom. The van der Waals surface area contributed by atoms with Gasteiger partial charge in [0.05, 0.1) is 12.0 Å². The molecule has 1 aromatic rings. The fourth-order valence-electron chi connectivity index (χ4n) is 4.19. The van der Waals surface area contributed by atoms with Crippen LogP contribution in [-0.4, -0.2) is 68.1 Å². The molecule has 2 aliphatic heterocycles. The highest BCUT2D eigenvalue weighted by atomic mass is 19.1. The zero-order valence-electron chi connectivity index (χ0n) is 16.5. The Hall–Kier alpha value is -1.99. The van der Waals surface area contributed by atoms with Gasteiger partial charge in [0.1, 0.15) is 12.4 Å². The zero-order chi connectivity index (χ0) is 19.9. The van der Waals surface area contributed by atoms with Crippen molar-refractivity contribution in [3.63, 3.8) is 0 Å². The molecule has 7 heteroatoms. The average molecular weight is 391 g/mol. The molecule has 28 heavy (non-hydrogen) atoms. The van der Waals surface area contributed by atoms with E-state index in [0.717, 1.165) is 25.2 Å². The number of nitrogens with one attached hydrogen (secondary N) is 1. The van der Waals surface area contributed by atoms with Gasteiger partial charge in [0.25, 0.3) is 0 Å². The number of hydrogen-bond donors (Lipinski definition) is 1. The van der Waals surface area contributed by atoms with Crippen molar-refractivity contribution in [3.8, 4) is 0 Å². The van der Waals surface area contributed by atoms with Crippen LogP contribution < -0.4 is 5.32 Å². The first-order valence-corrected chi connectivity index (χ1v) is 10.1. The van der Waals surface area contributed by atoms with Crippen LogP contribution in [0.15, 0.2) is 24.3 Å². The molecular formula is C21H30FN3O3. The number of halogens is 1. The molecule has 6 nitrogen and oxygen atoms in total. The van der Waals surface area contributed by atoms with Crippen molar-refractivity contribution in [3.05, 3.63) is 35.6 Å². The summed E-state index contributed by atoms with van der Waals surface area (Å²) in [5, 5.41) is 3.03. The number of methoxy groups -OCH3 is 1. The number of hydrogen-bond acceptors (Lipinski definition) is 4. The molecule has 2 unspecified atom stereocenters. The molecule has 2 amide bonds. The minimum absolute atomic E-state index is 0.00645. The zero-order valence-corrected chi connectivity index (χ0v) is 16.5. The minimum atomic E-state index is -0.301. The van der Waals surface area contributed by atoms with E-state index in [1.165, 1.54) is 32.1 Å². The Bertz CT molecular complexity index is 661. The third-order valence-electron chi connectivity index (χ3n) is 5.72. The van der Waals surface area contributed by atoms with Gasteiger partial charge in [0, 0.05) is 26.7 Å². The molecule has 0 saturated carbocycles. The van der Waals surface area contributed by atoms with Crippen LogP contribution in [0, 0.1) is 11.7 Å². The van der Waals surface area contributed by atoms with E-state index < -0.39 is 0 Å². The summed E-state index contributed by atoms with van der Waals surface area (Å²) in [5.74, 6) is -0.668. The monoisotopic (exact) mass is 391 g/mol. The summed E-state index contributed by atoms with van der Waals surface area (Å²) in [4.78, 5) is 29.3. The maximum Gasteiger partial charge on any atom is 0.249 e. The number of carbonyl (C=O) groups is 2. The van der Waals surface area contributed by atoms with Crippen molar-refractivity contribution in [1.29, 1.82) is 0 Å². The average Bonchev–Trinajstić information content (AvgIpc) is 3.22. The largest absolute Gasteiger partial charge is 0.375 e. The highest BCUT2D eigenvalue weighted by Gasteiger charge is 2.35. The molecule has 2 saturated heterocycles. The molecule has 0 bridgehead atoms. The molecule has 1 N–H and O–H groups in total. The summed E-state index contributed by atoms with van der Waals surface area (Å²) < 4.78 is 18.3. The normalized spacial score (nSPS) is 23.0. The summed E-state index contributed by atoms with van der Waals surface area (Å²) in [6.07, 6.45) is 3.84. The third-order valence-corrected chi connectivity index (χ3v) is 5.72. The SMILES string of the molecule is COCC(=O)N1CC(C(=O)NCCN2CCCC2)CCC1c1ccc(F)cc1. The molecule has 3 rings (SSSR count). The van der Waals surface area contributed by atoms with Gasteiger partial charge in [0.15, 0.2) is 0 Å². The van der Waals surface area contributed by atoms with Crippen LogP contribution in [0.2, 0.25) is 0 Å². The third kappa shape index (κ3) is 5.29. The van der Waals surface area contributed by atoms with E-state index in [2.05, 4.69) is 10.2 Å². The standard InChI is InChI=1S/C21H30FN3O3/c1-28-15-20(26)25-14-17(21(27)23-10-13-24-11-2-3-12-24)6-9-19(25)16-4-7-18(22)8-5-16/h4-5,7-8,17,19H,2-3,6,9-15H2,1H3,(H,23,27). The van der Waals surface area contributed by atoms with Crippen LogP contribution in [-0.2, 0) is 14.3 Å². The number of amides is 2. The molecule has 0 aromatic heterocycles. The van der Waals surface area contributed by atoms with Gasteiger partial charge in [-0.15, -0.1) is 0 Å². The molecule has 0 radical (unpaired) electrons. The molecule has 154 valence electrons. The Labute approximate surface area is 166 Å². The van der Waals surface area contributed by atoms with E-state index in [4.69, 9.17) is 4.74 Å². The van der Waals surface area contributed by atoms with Crippen LogP contribution in [0.3, 0.4) is 0 Å². The van der Waals surface area contributed by atoms with E-state index in [9.17, 15) is 14.0 Å².